The number of aromatic nitrogens is 4. The third kappa shape index (κ3) is 2.42. The lowest BCUT2D eigenvalue weighted by molar-refractivity contribution is 0.332. The van der Waals surface area contributed by atoms with Gasteiger partial charge in [0.25, 0.3) is 0 Å². The number of hydrogen-bond acceptors (Lipinski definition) is 4. The summed E-state index contributed by atoms with van der Waals surface area (Å²) in [7, 11) is 0. The number of nitrogens with zero attached hydrogens (tertiary/aromatic N) is 3. The molecule has 0 saturated heterocycles. The van der Waals surface area contributed by atoms with Gasteiger partial charge >= 0.3 is 6.08 Å². The number of imidazole rings is 1. The summed E-state index contributed by atoms with van der Waals surface area (Å²) in [5.74, 6) is 0.469. The summed E-state index contributed by atoms with van der Waals surface area (Å²) in [6, 6.07) is 0.193. The molecule has 0 saturated carbocycles. The van der Waals surface area contributed by atoms with E-state index in [0.29, 0.717) is 17.0 Å². The molecule has 0 aliphatic rings. The second kappa shape index (κ2) is 4.51. The van der Waals surface area contributed by atoms with Crippen molar-refractivity contribution in [2.75, 3.05) is 5.32 Å². The van der Waals surface area contributed by atoms with Gasteiger partial charge in [0.05, 0.1) is 6.33 Å². The van der Waals surface area contributed by atoms with Gasteiger partial charge < -0.3 is 10.3 Å². The number of nitrogens with one attached hydrogen (secondary N) is 2. The molecule has 2 rings (SSSR count). The minimum atomic E-state index is -0.763. The number of rotatable bonds is 3. The fraction of sp³-hybridized carbons (Fsp3) is 0.583. The Morgan fingerprint density at radius 2 is 2.11 bits per heavy atom. The predicted molar refractivity (Wildman–Crippen MR) is 68.8 cm³/mol. The number of anilines is 1. The zero-order valence-electron chi connectivity index (χ0n) is 11.1. The summed E-state index contributed by atoms with van der Waals surface area (Å²) in [4.78, 5) is 14.3. The van der Waals surface area contributed by atoms with E-state index in [-0.39, 0.29) is 11.5 Å². The zero-order chi connectivity index (χ0) is 13.3. The van der Waals surface area contributed by atoms with Crippen LogP contribution in [0, 0.1) is 11.5 Å². The summed E-state index contributed by atoms with van der Waals surface area (Å²) < 4.78 is 13.3. The van der Waals surface area contributed by atoms with Crippen LogP contribution in [0.1, 0.15) is 34.1 Å². The largest absolute Gasteiger partial charge is 0.365 e. The van der Waals surface area contributed by atoms with Gasteiger partial charge in [0, 0.05) is 6.04 Å². The van der Waals surface area contributed by atoms with E-state index >= 15 is 0 Å². The first kappa shape index (κ1) is 12.7. The first-order valence-corrected chi connectivity index (χ1v) is 6.05. The summed E-state index contributed by atoms with van der Waals surface area (Å²) >= 11 is 0. The fourth-order valence-corrected chi connectivity index (χ4v) is 2.01. The van der Waals surface area contributed by atoms with E-state index in [2.05, 4.69) is 52.9 Å². The van der Waals surface area contributed by atoms with Crippen molar-refractivity contribution in [2.24, 2.45) is 5.41 Å². The molecule has 18 heavy (non-hydrogen) atoms. The molecule has 2 aromatic heterocycles. The first-order chi connectivity index (χ1) is 8.41. The molecule has 0 fully saturated rings. The van der Waals surface area contributed by atoms with Gasteiger partial charge in [0.15, 0.2) is 11.5 Å². The van der Waals surface area contributed by atoms with Gasteiger partial charge in [-0.05, 0) is 11.8 Å². The maximum atomic E-state index is 13.3. The number of H-pyrrole nitrogens is 1. The molecular formula is C12H18FN5. The van der Waals surface area contributed by atoms with Crippen molar-refractivity contribution in [3.05, 3.63) is 12.4 Å². The van der Waals surface area contributed by atoms with Gasteiger partial charge in [0.1, 0.15) is 5.52 Å². The fourth-order valence-electron chi connectivity index (χ4n) is 2.01. The SMILES string of the molecule is CCC(Nc1nc(F)nc2nc[nH]c12)C(C)(C)C. The number of fused-ring (bicyclic) bond motifs is 1. The predicted octanol–water partition coefficient (Wildman–Crippen LogP) is 2.73. The minimum absolute atomic E-state index is 0.0581. The van der Waals surface area contributed by atoms with Crippen LogP contribution in [0.2, 0.25) is 0 Å². The van der Waals surface area contributed by atoms with E-state index in [1.54, 1.807) is 0 Å². The zero-order valence-corrected chi connectivity index (χ0v) is 11.1. The van der Waals surface area contributed by atoms with Crippen molar-refractivity contribution < 1.29 is 4.39 Å². The van der Waals surface area contributed by atoms with Crippen LogP contribution >= 0.6 is 0 Å². The second-order valence-electron chi connectivity index (χ2n) is 5.41. The highest BCUT2D eigenvalue weighted by molar-refractivity contribution is 5.82. The van der Waals surface area contributed by atoms with Gasteiger partial charge in [-0.3, -0.25) is 0 Å². The van der Waals surface area contributed by atoms with Crippen LogP contribution in [0.4, 0.5) is 10.2 Å². The molecule has 0 aliphatic carbocycles. The Hall–Kier alpha value is -1.72. The van der Waals surface area contributed by atoms with Crippen molar-refractivity contribution in [1.82, 2.24) is 19.9 Å². The van der Waals surface area contributed by atoms with Gasteiger partial charge in [0.2, 0.25) is 0 Å². The molecule has 0 spiro atoms. The third-order valence-corrected chi connectivity index (χ3v) is 3.02. The Kier molecular flexibility index (Phi) is 3.19. The third-order valence-electron chi connectivity index (χ3n) is 3.02. The Balaban J connectivity index is 2.39. The van der Waals surface area contributed by atoms with E-state index in [4.69, 9.17) is 0 Å². The van der Waals surface area contributed by atoms with Gasteiger partial charge in [-0.25, -0.2) is 4.98 Å². The molecule has 0 aromatic carbocycles. The molecule has 5 nitrogen and oxygen atoms in total. The van der Waals surface area contributed by atoms with Crippen LogP contribution in [0.3, 0.4) is 0 Å². The molecule has 98 valence electrons. The van der Waals surface area contributed by atoms with Crippen LogP contribution in [-0.2, 0) is 0 Å². The lowest BCUT2D eigenvalue weighted by Gasteiger charge is -2.31. The normalized spacial score (nSPS) is 13.8. The Labute approximate surface area is 105 Å². The average Bonchev–Trinajstić information content (AvgIpc) is 2.71. The molecule has 0 aliphatic heterocycles. The van der Waals surface area contributed by atoms with Crippen LogP contribution in [0.15, 0.2) is 6.33 Å². The van der Waals surface area contributed by atoms with Crippen LogP contribution < -0.4 is 5.32 Å². The van der Waals surface area contributed by atoms with Crippen molar-refractivity contribution in [3.63, 3.8) is 0 Å². The maximum Gasteiger partial charge on any atom is 0.312 e. The van der Waals surface area contributed by atoms with E-state index < -0.39 is 6.08 Å². The standard InChI is InChI=1S/C12H18FN5/c1-5-7(12(2,3)4)16-10-8-9(15-6-14-8)17-11(13)18-10/h6-7H,5H2,1-4H3,(H2,14,15,16,17,18). The van der Waals surface area contributed by atoms with Crippen molar-refractivity contribution in [2.45, 2.75) is 40.2 Å². The monoisotopic (exact) mass is 251 g/mol. The quantitative estimate of drug-likeness (QED) is 0.823. The molecule has 0 bridgehead atoms. The number of hydrogen-bond donors (Lipinski definition) is 2. The maximum absolute atomic E-state index is 13.3. The molecule has 2 heterocycles. The highest BCUT2D eigenvalue weighted by Gasteiger charge is 2.24. The lowest BCUT2D eigenvalue weighted by Crippen LogP contribution is -2.33. The van der Waals surface area contributed by atoms with E-state index in [0.717, 1.165) is 6.42 Å². The Morgan fingerprint density at radius 3 is 2.72 bits per heavy atom. The van der Waals surface area contributed by atoms with Crippen LogP contribution in [0.5, 0.6) is 0 Å². The van der Waals surface area contributed by atoms with Crippen molar-refractivity contribution >= 4 is 17.0 Å². The molecule has 2 aromatic rings. The molecular weight excluding hydrogens is 233 g/mol. The minimum Gasteiger partial charge on any atom is -0.365 e. The number of aromatic amines is 1. The van der Waals surface area contributed by atoms with E-state index in [1.807, 2.05) is 0 Å². The Bertz CT molecular complexity index is 543. The summed E-state index contributed by atoms with van der Waals surface area (Å²) in [5, 5.41) is 3.28. The molecule has 1 atom stereocenters. The first-order valence-electron chi connectivity index (χ1n) is 6.05. The smallest absolute Gasteiger partial charge is 0.312 e. The van der Waals surface area contributed by atoms with E-state index in [9.17, 15) is 4.39 Å². The van der Waals surface area contributed by atoms with E-state index in [1.165, 1.54) is 6.33 Å². The highest BCUT2D eigenvalue weighted by Crippen LogP contribution is 2.26. The van der Waals surface area contributed by atoms with Crippen LogP contribution in [-0.4, -0.2) is 26.0 Å². The van der Waals surface area contributed by atoms with Gasteiger partial charge in [-0.2, -0.15) is 14.4 Å². The van der Waals surface area contributed by atoms with Gasteiger partial charge in [-0.1, -0.05) is 27.7 Å². The average molecular weight is 251 g/mol. The molecule has 6 heteroatoms. The summed E-state index contributed by atoms with van der Waals surface area (Å²) in [6.45, 7) is 8.49. The molecule has 0 radical (unpaired) electrons. The second-order valence-corrected chi connectivity index (χ2v) is 5.41. The molecule has 2 N–H and O–H groups in total. The van der Waals surface area contributed by atoms with Crippen LogP contribution in [0.25, 0.3) is 11.2 Å². The van der Waals surface area contributed by atoms with Crippen molar-refractivity contribution in [3.8, 4) is 0 Å². The topological polar surface area (TPSA) is 66.5 Å². The number of halogens is 1. The molecule has 1 unspecified atom stereocenters. The van der Waals surface area contributed by atoms with Gasteiger partial charge in [-0.15, -0.1) is 0 Å². The summed E-state index contributed by atoms with van der Waals surface area (Å²) in [5.41, 5.74) is 1.04. The lowest BCUT2D eigenvalue weighted by atomic mass is 9.85. The summed E-state index contributed by atoms with van der Waals surface area (Å²) in [6.07, 6.45) is 1.65. The molecule has 0 amide bonds. The van der Waals surface area contributed by atoms with Crippen molar-refractivity contribution in [1.29, 1.82) is 0 Å². The highest BCUT2D eigenvalue weighted by atomic mass is 19.1. The Morgan fingerprint density at radius 1 is 1.39 bits per heavy atom.